The molecule has 0 saturated heterocycles. The van der Waals surface area contributed by atoms with Crippen LogP contribution < -0.4 is 4.90 Å². The molecule has 2 atom stereocenters. The molecule has 1 rings (SSSR count). The highest BCUT2D eigenvalue weighted by molar-refractivity contribution is 9.10. The minimum atomic E-state index is -1.19. The predicted molar refractivity (Wildman–Crippen MR) is 70.1 cm³/mol. The number of carbonyl (C=O) groups is 2. The summed E-state index contributed by atoms with van der Waals surface area (Å²) in [4.78, 5) is 23.8. The number of nitrogens with zero attached hydrogens (tertiary/aromatic N) is 1. The Morgan fingerprint density at radius 2 is 2.21 bits per heavy atom. The molecule has 0 unspecified atom stereocenters. The van der Waals surface area contributed by atoms with Crippen LogP contribution in [0.25, 0.3) is 0 Å². The van der Waals surface area contributed by atoms with Gasteiger partial charge in [-0.25, -0.2) is 9.18 Å². The number of amides is 1. The third kappa shape index (κ3) is 3.51. The second-order valence-electron chi connectivity index (χ2n) is 3.82. The molecule has 0 spiro atoms. The number of ether oxygens (including phenoxy) is 1. The van der Waals surface area contributed by atoms with E-state index in [1.807, 2.05) is 0 Å². The molecule has 1 aromatic rings. The molecule has 19 heavy (non-hydrogen) atoms. The molecule has 1 N–H and O–H groups in total. The Hall–Kier alpha value is -1.47. The summed E-state index contributed by atoms with van der Waals surface area (Å²) in [5, 5.41) is 9.61. The van der Waals surface area contributed by atoms with Gasteiger partial charge in [-0.05, 0) is 41.1 Å². The van der Waals surface area contributed by atoms with Crippen molar-refractivity contribution in [3.05, 3.63) is 28.5 Å². The number of hydrogen-bond acceptors (Lipinski definition) is 4. The summed E-state index contributed by atoms with van der Waals surface area (Å²) in [6.45, 7) is 1.36. The quantitative estimate of drug-likeness (QED) is 0.654. The second kappa shape index (κ2) is 6.63. The first kappa shape index (κ1) is 15.6. The Kier molecular flexibility index (Phi) is 5.44. The van der Waals surface area contributed by atoms with Gasteiger partial charge in [0, 0.05) is 5.69 Å². The van der Waals surface area contributed by atoms with Gasteiger partial charge in [0.2, 0.25) is 6.41 Å². The van der Waals surface area contributed by atoms with Crippen LogP contribution in [0.2, 0.25) is 0 Å². The number of halogens is 2. The van der Waals surface area contributed by atoms with Gasteiger partial charge in [-0.2, -0.15) is 0 Å². The SMILES string of the molecule is COC(=O)[C@H]([C@@H](C)O)N(C=O)c1ccc(F)c(Br)c1. The molecular formula is C12H13BrFNO4. The Morgan fingerprint density at radius 3 is 2.63 bits per heavy atom. The van der Waals surface area contributed by atoms with E-state index in [1.54, 1.807) is 0 Å². The molecule has 0 aliphatic carbocycles. The molecule has 104 valence electrons. The van der Waals surface area contributed by atoms with Crippen LogP contribution in [0.15, 0.2) is 22.7 Å². The van der Waals surface area contributed by atoms with E-state index in [9.17, 15) is 19.1 Å². The number of methoxy groups -OCH3 is 1. The van der Waals surface area contributed by atoms with Crippen molar-refractivity contribution in [3.8, 4) is 0 Å². The van der Waals surface area contributed by atoms with E-state index in [1.165, 1.54) is 19.1 Å². The van der Waals surface area contributed by atoms with E-state index < -0.39 is 23.9 Å². The fraction of sp³-hybridized carbons (Fsp3) is 0.333. The van der Waals surface area contributed by atoms with Gasteiger partial charge in [-0.1, -0.05) is 0 Å². The number of anilines is 1. The third-order valence-electron chi connectivity index (χ3n) is 2.51. The number of esters is 1. The van der Waals surface area contributed by atoms with Crippen LogP contribution in [0.5, 0.6) is 0 Å². The van der Waals surface area contributed by atoms with E-state index in [0.717, 1.165) is 18.1 Å². The molecule has 0 saturated carbocycles. The fourth-order valence-electron chi connectivity index (χ4n) is 1.60. The third-order valence-corrected chi connectivity index (χ3v) is 3.12. The number of hydrogen-bond donors (Lipinski definition) is 1. The maximum absolute atomic E-state index is 13.2. The van der Waals surface area contributed by atoms with Crippen LogP contribution in [0.1, 0.15) is 6.92 Å². The van der Waals surface area contributed by atoms with Crippen molar-refractivity contribution in [3.63, 3.8) is 0 Å². The Balaban J connectivity index is 3.19. The van der Waals surface area contributed by atoms with Gasteiger partial charge >= 0.3 is 5.97 Å². The van der Waals surface area contributed by atoms with E-state index in [0.29, 0.717) is 6.41 Å². The minimum Gasteiger partial charge on any atom is -0.467 e. The number of rotatable bonds is 5. The zero-order chi connectivity index (χ0) is 14.6. The average molecular weight is 334 g/mol. The van der Waals surface area contributed by atoms with E-state index in [2.05, 4.69) is 20.7 Å². The highest BCUT2D eigenvalue weighted by atomic mass is 79.9. The Morgan fingerprint density at radius 1 is 1.58 bits per heavy atom. The molecule has 7 heteroatoms. The summed E-state index contributed by atoms with van der Waals surface area (Å²) in [7, 11) is 1.15. The lowest BCUT2D eigenvalue weighted by Crippen LogP contribution is -2.48. The molecule has 5 nitrogen and oxygen atoms in total. The van der Waals surface area contributed by atoms with E-state index >= 15 is 0 Å². The number of benzene rings is 1. The molecule has 1 aromatic carbocycles. The van der Waals surface area contributed by atoms with Crippen molar-refractivity contribution in [2.24, 2.45) is 0 Å². The first-order chi connectivity index (χ1) is 8.92. The summed E-state index contributed by atoms with van der Waals surface area (Å²) in [5.74, 6) is -1.26. The van der Waals surface area contributed by atoms with Gasteiger partial charge in [0.15, 0.2) is 6.04 Å². The lowest BCUT2D eigenvalue weighted by Gasteiger charge is -2.28. The van der Waals surface area contributed by atoms with Crippen LogP contribution in [-0.2, 0) is 14.3 Å². The van der Waals surface area contributed by atoms with Crippen LogP contribution in [-0.4, -0.2) is 36.7 Å². The van der Waals surface area contributed by atoms with Gasteiger partial charge in [-0.3, -0.25) is 9.69 Å². The molecule has 0 aliphatic heterocycles. The van der Waals surface area contributed by atoms with Crippen LogP contribution in [0, 0.1) is 5.82 Å². The molecule has 0 radical (unpaired) electrons. The van der Waals surface area contributed by atoms with Crippen molar-refractivity contribution in [1.29, 1.82) is 0 Å². The normalized spacial score (nSPS) is 13.5. The largest absolute Gasteiger partial charge is 0.467 e. The van der Waals surface area contributed by atoms with Crippen LogP contribution in [0.4, 0.5) is 10.1 Å². The number of aliphatic hydroxyl groups excluding tert-OH is 1. The average Bonchev–Trinajstić information content (AvgIpc) is 2.38. The second-order valence-corrected chi connectivity index (χ2v) is 4.67. The smallest absolute Gasteiger partial charge is 0.331 e. The van der Waals surface area contributed by atoms with Gasteiger partial charge in [0.05, 0.1) is 17.7 Å². The summed E-state index contributed by atoms with van der Waals surface area (Å²) >= 11 is 2.99. The monoisotopic (exact) mass is 333 g/mol. The number of aliphatic hydroxyl groups is 1. The van der Waals surface area contributed by atoms with Crippen molar-refractivity contribution in [2.45, 2.75) is 19.1 Å². The van der Waals surface area contributed by atoms with Crippen LogP contribution >= 0.6 is 15.9 Å². The van der Waals surface area contributed by atoms with E-state index in [4.69, 9.17) is 0 Å². The van der Waals surface area contributed by atoms with Gasteiger partial charge in [0.1, 0.15) is 5.82 Å². The first-order valence-electron chi connectivity index (χ1n) is 5.37. The fourth-order valence-corrected chi connectivity index (χ4v) is 1.96. The van der Waals surface area contributed by atoms with Crippen molar-refractivity contribution >= 4 is 34.0 Å². The van der Waals surface area contributed by atoms with Crippen molar-refractivity contribution in [1.82, 2.24) is 0 Å². The van der Waals surface area contributed by atoms with E-state index in [-0.39, 0.29) is 10.2 Å². The lowest BCUT2D eigenvalue weighted by molar-refractivity contribution is -0.145. The lowest BCUT2D eigenvalue weighted by atomic mass is 10.1. The molecule has 0 bridgehead atoms. The maximum atomic E-state index is 13.2. The summed E-state index contributed by atoms with van der Waals surface area (Å²) in [5.41, 5.74) is 0.263. The van der Waals surface area contributed by atoms with Gasteiger partial charge in [0.25, 0.3) is 0 Å². The zero-order valence-corrected chi connectivity index (χ0v) is 11.9. The van der Waals surface area contributed by atoms with Gasteiger partial charge < -0.3 is 9.84 Å². The highest BCUT2D eigenvalue weighted by Gasteiger charge is 2.31. The number of carbonyl (C=O) groups excluding carboxylic acids is 2. The minimum absolute atomic E-state index is 0.144. The predicted octanol–water partition coefficient (Wildman–Crippen LogP) is 1.47. The molecule has 0 fully saturated rings. The summed E-state index contributed by atoms with van der Waals surface area (Å²) < 4.78 is 17.8. The summed E-state index contributed by atoms with van der Waals surface area (Å²) in [6, 6.07) is 2.61. The molecule has 0 heterocycles. The summed E-state index contributed by atoms with van der Waals surface area (Å²) in [6.07, 6.45) is -0.755. The standard InChI is InChI=1S/C12H13BrFNO4/c1-7(17)11(12(18)19-2)15(6-16)8-3-4-10(14)9(13)5-8/h3-7,11,17H,1-2H3/t7-,11+/m1/s1. The first-order valence-corrected chi connectivity index (χ1v) is 6.16. The Bertz CT molecular complexity index is 481. The molecule has 1 amide bonds. The Labute approximate surface area is 118 Å². The highest BCUT2D eigenvalue weighted by Crippen LogP contribution is 2.24. The zero-order valence-electron chi connectivity index (χ0n) is 10.3. The van der Waals surface area contributed by atoms with Crippen LogP contribution in [0.3, 0.4) is 0 Å². The molecule has 0 aromatic heterocycles. The van der Waals surface area contributed by atoms with Gasteiger partial charge in [-0.15, -0.1) is 0 Å². The van der Waals surface area contributed by atoms with Crippen molar-refractivity contribution < 1.29 is 23.8 Å². The topological polar surface area (TPSA) is 66.8 Å². The molecule has 0 aliphatic rings. The molecular weight excluding hydrogens is 321 g/mol. The van der Waals surface area contributed by atoms with Crippen molar-refractivity contribution in [2.75, 3.05) is 12.0 Å². The maximum Gasteiger partial charge on any atom is 0.331 e.